The predicted molar refractivity (Wildman–Crippen MR) is 80.0 cm³/mol. The second-order valence-electron chi connectivity index (χ2n) is 4.56. The van der Waals surface area contributed by atoms with Crippen molar-refractivity contribution in [1.82, 2.24) is 10.6 Å². The summed E-state index contributed by atoms with van der Waals surface area (Å²) in [6.07, 6.45) is 2.71. The van der Waals surface area contributed by atoms with Crippen molar-refractivity contribution in [3.63, 3.8) is 0 Å². The average Bonchev–Trinajstić information content (AvgIpc) is 2.87. The van der Waals surface area contributed by atoms with Crippen LogP contribution in [-0.2, 0) is 17.8 Å². The molecule has 1 saturated heterocycles. The summed E-state index contributed by atoms with van der Waals surface area (Å²) in [5.41, 5.74) is 2.76. The highest BCUT2D eigenvalue weighted by molar-refractivity contribution is 5.78. The predicted octanol–water partition coefficient (Wildman–Crippen LogP) is 2.64. The Kier molecular flexibility index (Phi) is 7.19. The summed E-state index contributed by atoms with van der Waals surface area (Å²) >= 11 is 0. The number of carbonyl (C=O) groups excluding carboxylic acids is 1. The van der Waals surface area contributed by atoms with Crippen LogP contribution in [0, 0.1) is 0 Å². The number of aryl methyl sites for hydroxylation is 1. The normalized spacial score (nSPS) is 17.6. The first kappa shape index (κ1) is 15.7. The average molecular weight is 262 g/mol. The van der Waals surface area contributed by atoms with Gasteiger partial charge in [-0.1, -0.05) is 45.0 Å². The lowest BCUT2D eigenvalue weighted by Gasteiger charge is -2.13. The van der Waals surface area contributed by atoms with Gasteiger partial charge in [-0.25, -0.2) is 0 Å². The van der Waals surface area contributed by atoms with Gasteiger partial charge in [-0.3, -0.25) is 4.79 Å². The van der Waals surface area contributed by atoms with Crippen LogP contribution in [0.25, 0.3) is 0 Å². The number of carbonyl (C=O) groups is 1. The van der Waals surface area contributed by atoms with Crippen LogP contribution in [0.3, 0.4) is 0 Å². The van der Waals surface area contributed by atoms with E-state index in [4.69, 9.17) is 0 Å². The van der Waals surface area contributed by atoms with Crippen LogP contribution in [0.15, 0.2) is 24.3 Å². The second-order valence-corrected chi connectivity index (χ2v) is 4.56. The van der Waals surface area contributed by atoms with E-state index in [-0.39, 0.29) is 5.91 Å². The lowest BCUT2D eigenvalue weighted by Crippen LogP contribution is -2.35. The van der Waals surface area contributed by atoms with Gasteiger partial charge in [0.2, 0.25) is 5.91 Å². The molecule has 1 atom stereocenters. The Balaban J connectivity index is 0.000000861. The molecule has 19 heavy (non-hydrogen) atoms. The highest BCUT2D eigenvalue weighted by Crippen LogP contribution is 2.10. The quantitative estimate of drug-likeness (QED) is 0.856. The Bertz CT molecular complexity index is 390. The van der Waals surface area contributed by atoms with Crippen molar-refractivity contribution >= 4 is 5.91 Å². The molecule has 1 aromatic carbocycles. The van der Waals surface area contributed by atoms with Gasteiger partial charge in [0.25, 0.3) is 0 Å². The van der Waals surface area contributed by atoms with Crippen molar-refractivity contribution in [3.05, 3.63) is 35.4 Å². The third kappa shape index (κ3) is 5.03. The van der Waals surface area contributed by atoms with E-state index in [2.05, 4.69) is 41.8 Å². The molecule has 1 aromatic rings. The van der Waals surface area contributed by atoms with Crippen LogP contribution in [0.4, 0.5) is 0 Å². The summed E-state index contributed by atoms with van der Waals surface area (Å²) < 4.78 is 0. The Hall–Kier alpha value is -1.35. The van der Waals surface area contributed by atoms with Gasteiger partial charge in [0, 0.05) is 25.6 Å². The molecule has 0 aromatic heterocycles. The number of benzene rings is 1. The Labute approximate surface area is 116 Å². The van der Waals surface area contributed by atoms with Crippen molar-refractivity contribution in [1.29, 1.82) is 0 Å². The third-order valence-corrected chi connectivity index (χ3v) is 3.29. The summed E-state index contributed by atoms with van der Waals surface area (Å²) in [5.74, 6) is 0.186. The molecule has 0 bridgehead atoms. The van der Waals surface area contributed by atoms with Gasteiger partial charge in [-0.05, 0) is 24.0 Å². The van der Waals surface area contributed by atoms with Crippen LogP contribution in [0.5, 0.6) is 0 Å². The maximum absolute atomic E-state index is 11.0. The molecule has 106 valence electrons. The molecule has 1 aliphatic rings. The Morgan fingerprint density at radius 3 is 2.53 bits per heavy atom. The first-order valence-electron chi connectivity index (χ1n) is 7.36. The molecule has 1 unspecified atom stereocenters. The standard InChI is InChI=1S/C14H20N2O.C2H6/c1-2-11-5-3-4-6-12(11)9-15-10-13-7-8-14(17)16-13;1-2/h3-6,13,15H,2,7-10H2,1H3,(H,16,17);1-2H3. The molecule has 0 saturated carbocycles. The van der Waals surface area contributed by atoms with Crippen LogP contribution in [-0.4, -0.2) is 18.5 Å². The van der Waals surface area contributed by atoms with Crippen molar-refractivity contribution < 1.29 is 4.79 Å². The highest BCUT2D eigenvalue weighted by Gasteiger charge is 2.19. The Morgan fingerprint density at radius 1 is 1.26 bits per heavy atom. The maximum Gasteiger partial charge on any atom is 0.220 e. The first-order valence-corrected chi connectivity index (χ1v) is 7.36. The van der Waals surface area contributed by atoms with E-state index in [0.717, 1.165) is 25.9 Å². The van der Waals surface area contributed by atoms with Gasteiger partial charge < -0.3 is 10.6 Å². The van der Waals surface area contributed by atoms with Crippen LogP contribution in [0.1, 0.15) is 44.7 Å². The molecule has 1 amide bonds. The lowest BCUT2D eigenvalue weighted by atomic mass is 10.1. The highest BCUT2D eigenvalue weighted by atomic mass is 16.1. The molecule has 0 spiro atoms. The number of hydrogen-bond donors (Lipinski definition) is 2. The molecule has 1 aliphatic heterocycles. The van der Waals surface area contributed by atoms with Crippen molar-refractivity contribution in [2.45, 2.75) is 52.6 Å². The molecule has 2 rings (SSSR count). The van der Waals surface area contributed by atoms with E-state index in [9.17, 15) is 4.79 Å². The Morgan fingerprint density at radius 2 is 1.95 bits per heavy atom. The largest absolute Gasteiger partial charge is 0.352 e. The van der Waals surface area contributed by atoms with Gasteiger partial charge in [0.1, 0.15) is 0 Å². The summed E-state index contributed by atoms with van der Waals surface area (Å²) in [6.45, 7) is 7.93. The smallest absolute Gasteiger partial charge is 0.220 e. The van der Waals surface area contributed by atoms with Crippen LogP contribution < -0.4 is 10.6 Å². The van der Waals surface area contributed by atoms with E-state index in [1.165, 1.54) is 11.1 Å². The fourth-order valence-electron chi connectivity index (χ4n) is 2.29. The van der Waals surface area contributed by atoms with Gasteiger partial charge >= 0.3 is 0 Å². The molecular formula is C16H26N2O. The molecule has 2 N–H and O–H groups in total. The molecule has 1 fully saturated rings. The van der Waals surface area contributed by atoms with E-state index in [1.54, 1.807) is 0 Å². The topological polar surface area (TPSA) is 41.1 Å². The fraction of sp³-hybridized carbons (Fsp3) is 0.562. The number of amides is 1. The monoisotopic (exact) mass is 262 g/mol. The van der Waals surface area contributed by atoms with Gasteiger partial charge in [-0.15, -0.1) is 0 Å². The van der Waals surface area contributed by atoms with Crippen molar-refractivity contribution in [3.8, 4) is 0 Å². The summed E-state index contributed by atoms with van der Waals surface area (Å²) in [5, 5.41) is 6.39. The summed E-state index contributed by atoms with van der Waals surface area (Å²) in [7, 11) is 0. The van der Waals surface area contributed by atoms with Gasteiger partial charge in [-0.2, -0.15) is 0 Å². The molecular weight excluding hydrogens is 236 g/mol. The second kappa shape index (κ2) is 8.70. The fourth-order valence-corrected chi connectivity index (χ4v) is 2.29. The minimum absolute atomic E-state index is 0.186. The molecule has 3 heteroatoms. The van der Waals surface area contributed by atoms with Crippen molar-refractivity contribution in [2.75, 3.05) is 6.54 Å². The summed E-state index contributed by atoms with van der Waals surface area (Å²) in [4.78, 5) is 11.0. The minimum Gasteiger partial charge on any atom is -0.352 e. The lowest BCUT2D eigenvalue weighted by molar-refractivity contribution is -0.119. The van der Waals surface area contributed by atoms with E-state index in [0.29, 0.717) is 12.5 Å². The van der Waals surface area contributed by atoms with Crippen molar-refractivity contribution in [2.24, 2.45) is 0 Å². The van der Waals surface area contributed by atoms with Crippen LogP contribution in [0.2, 0.25) is 0 Å². The maximum atomic E-state index is 11.0. The zero-order valence-electron chi connectivity index (χ0n) is 12.3. The number of rotatable bonds is 5. The van der Waals surface area contributed by atoms with Gasteiger partial charge in [0.05, 0.1) is 0 Å². The SMILES string of the molecule is CC.CCc1ccccc1CNCC1CCC(=O)N1. The van der Waals surface area contributed by atoms with E-state index in [1.807, 2.05) is 13.8 Å². The molecule has 0 aliphatic carbocycles. The first-order chi connectivity index (χ1) is 9.29. The van der Waals surface area contributed by atoms with Crippen LogP contribution >= 0.6 is 0 Å². The molecule has 3 nitrogen and oxygen atoms in total. The molecule has 1 heterocycles. The number of hydrogen-bond acceptors (Lipinski definition) is 2. The zero-order valence-corrected chi connectivity index (χ0v) is 12.3. The minimum atomic E-state index is 0.186. The van der Waals surface area contributed by atoms with Gasteiger partial charge in [0.15, 0.2) is 0 Å². The molecule has 0 radical (unpaired) electrons. The van der Waals surface area contributed by atoms with E-state index < -0.39 is 0 Å². The zero-order chi connectivity index (χ0) is 14.1. The summed E-state index contributed by atoms with van der Waals surface area (Å²) in [6, 6.07) is 8.82. The third-order valence-electron chi connectivity index (χ3n) is 3.29. The van der Waals surface area contributed by atoms with E-state index >= 15 is 0 Å². The number of nitrogens with one attached hydrogen (secondary N) is 2.